The van der Waals surface area contributed by atoms with E-state index in [-0.39, 0.29) is 18.5 Å². The van der Waals surface area contributed by atoms with Crippen molar-refractivity contribution in [1.29, 1.82) is 0 Å². The second-order valence-electron chi connectivity index (χ2n) is 6.32. The highest BCUT2D eigenvalue weighted by atomic mass is 19.4. The third-order valence-corrected chi connectivity index (χ3v) is 4.89. The maximum atomic E-state index is 12.6. The molecule has 0 radical (unpaired) electrons. The molecule has 3 heterocycles. The molecule has 0 unspecified atom stereocenters. The molecular weight excluding hydrogens is 335 g/mol. The normalized spacial score (nSPS) is 25.3. The van der Waals surface area contributed by atoms with Gasteiger partial charge in [-0.15, -0.1) is 0 Å². The van der Waals surface area contributed by atoms with Crippen LogP contribution in [0, 0.1) is 5.92 Å². The Labute approximate surface area is 141 Å². The molecule has 0 amide bonds. The first-order valence-corrected chi connectivity index (χ1v) is 8.06. The van der Waals surface area contributed by atoms with Gasteiger partial charge in [-0.25, -0.2) is 9.78 Å². The molecule has 1 aromatic heterocycles. The molecule has 4 rings (SSSR count). The largest absolute Gasteiger partial charge is 0.490 e. The van der Waals surface area contributed by atoms with E-state index in [4.69, 9.17) is 4.74 Å². The van der Waals surface area contributed by atoms with Crippen LogP contribution in [0.3, 0.4) is 0 Å². The molecule has 2 aromatic rings. The first kappa shape index (κ1) is 16.1. The number of carbonyl (C=O) groups excluding carboxylic acids is 1. The number of carbonyl (C=O) groups is 1. The number of ether oxygens (including phenoxy) is 1. The van der Waals surface area contributed by atoms with Gasteiger partial charge in [-0.2, -0.15) is 13.2 Å². The number of esters is 1. The van der Waals surface area contributed by atoms with Crippen molar-refractivity contribution in [2.75, 3.05) is 13.1 Å². The molecule has 0 bridgehead atoms. The van der Waals surface area contributed by atoms with Gasteiger partial charge >= 0.3 is 12.1 Å². The third kappa shape index (κ3) is 2.70. The standard InChI is InChI=1S/C17H16F3N3O2/c18-17(19,20)16(24)25-14-8-21-6-5-12(14)15-11-4-2-1-3-10(11)13-7-22-9-23(13)15/h1-4,7,9,12,14-15,21H,5-6,8H2/t12-,14-,15-/m1/s1. The van der Waals surface area contributed by atoms with Crippen molar-refractivity contribution < 1.29 is 22.7 Å². The number of alkyl halides is 3. The van der Waals surface area contributed by atoms with Gasteiger partial charge in [0.15, 0.2) is 0 Å². The minimum atomic E-state index is -4.99. The van der Waals surface area contributed by atoms with Crippen LogP contribution < -0.4 is 5.32 Å². The number of aromatic nitrogens is 2. The molecule has 25 heavy (non-hydrogen) atoms. The molecule has 0 saturated carbocycles. The number of nitrogens with one attached hydrogen (secondary N) is 1. The number of rotatable bonds is 2. The van der Waals surface area contributed by atoms with E-state index in [2.05, 4.69) is 10.3 Å². The van der Waals surface area contributed by atoms with Crippen LogP contribution in [0.2, 0.25) is 0 Å². The van der Waals surface area contributed by atoms with Crippen LogP contribution in [-0.2, 0) is 9.53 Å². The molecule has 132 valence electrons. The summed E-state index contributed by atoms with van der Waals surface area (Å²) in [5.41, 5.74) is 2.98. The number of hydrogen-bond donors (Lipinski definition) is 1. The first-order valence-electron chi connectivity index (χ1n) is 8.06. The van der Waals surface area contributed by atoms with Gasteiger partial charge < -0.3 is 14.6 Å². The number of benzene rings is 1. The van der Waals surface area contributed by atoms with E-state index in [0.717, 1.165) is 16.8 Å². The lowest BCUT2D eigenvalue weighted by molar-refractivity contribution is -0.208. The highest BCUT2D eigenvalue weighted by molar-refractivity contribution is 5.76. The zero-order chi connectivity index (χ0) is 17.6. The van der Waals surface area contributed by atoms with Gasteiger partial charge in [0.2, 0.25) is 0 Å². The molecule has 1 fully saturated rings. The van der Waals surface area contributed by atoms with Gasteiger partial charge in [-0.05, 0) is 18.5 Å². The smallest absolute Gasteiger partial charge is 0.454 e. The van der Waals surface area contributed by atoms with Crippen molar-refractivity contribution in [2.24, 2.45) is 5.92 Å². The molecule has 8 heteroatoms. The van der Waals surface area contributed by atoms with E-state index in [1.54, 1.807) is 12.5 Å². The highest BCUT2D eigenvalue weighted by Crippen LogP contribution is 2.45. The van der Waals surface area contributed by atoms with Crippen molar-refractivity contribution in [2.45, 2.75) is 24.7 Å². The van der Waals surface area contributed by atoms with Gasteiger partial charge in [-0.1, -0.05) is 24.3 Å². The Hall–Kier alpha value is -2.35. The van der Waals surface area contributed by atoms with E-state index in [1.165, 1.54) is 0 Å². The van der Waals surface area contributed by atoms with Crippen molar-refractivity contribution in [1.82, 2.24) is 14.9 Å². The lowest BCUT2D eigenvalue weighted by atomic mass is 9.84. The molecule has 0 aliphatic carbocycles. The minimum Gasteiger partial charge on any atom is -0.454 e. The number of fused-ring (bicyclic) bond motifs is 3. The van der Waals surface area contributed by atoms with Gasteiger partial charge in [0.1, 0.15) is 6.10 Å². The molecule has 3 atom stereocenters. The summed E-state index contributed by atoms with van der Waals surface area (Å²) in [6.45, 7) is 0.864. The van der Waals surface area contributed by atoms with E-state index in [1.807, 2.05) is 28.8 Å². The average molecular weight is 351 g/mol. The van der Waals surface area contributed by atoms with E-state index >= 15 is 0 Å². The molecule has 1 saturated heterocycles. The molecule has 1 aromatic carbocycles. The van der Waals surface area contributed by atoms with E-state index in [9.17, 15) is 18.0 Å². The Kier molecular flexibility index (Phi) is 3.79. The fourth-order valence-electron chi connectivity index (χ4n) is 3.85. The van der Waals surface area contributed by atoms with Crippen LogP contribution in [0.15, 0.2) is 36.8 Å². The fraction of sp³-hybridized carbons (Fsp3) is 0.412. The summed E-state index contributed by atoms with van der Waals surface area (Å²) in [6, 6.07) is 7.58. The quantitative estimate of drug-likeness (QED) is 0.845. The summed E-state index contributed by atoms with van der Waals surface area (Å²) in [7, 11) is 0. The summed E-state index contributed by atoms with van der Waals surface area (Å²) < 4.78 is 44.7. The summed E-state index contributed by atoms with van der Waals surface area (Å²) in [5.74, 6) is -2.40. The van der Waals surface area contributed by atoms with Crippen LogP contribution in [0.4, 0.5) is 13.2 Å². The van der Waals surface area contributed by atoms with Crippen LogP contribution >= 0.6 is 0 Å². The van der Waals surface area contributed by atoms with Crippen molar-refractivity contribution in [3.63, 3.8) is 0 Å². The van der Waals surface area contributed by atoms with Crippen molar-refractivity contribution in [3.8, 4) is 11.3 Å². The van der Waals surface area contributed by atoms with Crippen molar-refractivity contribution >= 4 is 5.97 Å². The maximum Gasteiger partial charge on any atom is 0.490 e. The highest BCUT2D eigenvalue weighted by Gasteiger charge is 2.46. The SMILES string of the molecule is O=C(O[C@@H]1CNCC[C@H]1[C@H]1c2ccccc2-c2cncn21)C(F)(F)F. The molecule has 2 aliphatic rings. The van der Waals surface area contributed by atoms with E-state index in [0.29, 0.717) is 13.0 Å². The maximum absolute atomic E-state index is 12.6. The summed E-state index contributed by atoms with van der Waals surface area (Å²) in [6.07, 6.45) is -1.81. The third-order valence-electron chi connectivity index (χ3n) is 4.89. The predicted molar refractivity (Wildman–Crippen MR) is 82.7 cm³/mol. The zero-order valence-corrected chi connectivity index (χ0v) is 13.2. The second kappa shape index (κ2) is 5.87. The first-order chi connectivity index (χ1) is 12.0. The summed E-state index contributed by atoms with van der Waals surface area (Å²) >= 11 is 0. The Bertz CT molecular complexity index is 802. The number of hydrogen-bond acceptors (Lipinski definition) is 4. The van der Waals surface area contributed by atoms with Gasteiger partial charge in [0.05, 0.1) is 24.3 Å². The molecule has 0 spiro atoms. The lowest BCUT2D eigenvalue weighted by Gasteiger charge is -2.36. The average Bonchev–Trinajstić information content (AvgIpc) is 3.15. The summed E-state index contributed by atoms with van der Waals surface area (Å²) in [4.78, 5) is 15.5. The molecule has 2 aliphatic heterocycles. The predicted octanol–water partition coefficient (Wildman–Crippen LogP) is 2.54. The minimum absolute atomic E-state index is 0.193. The second-order valence-corrected chi connectivity index (χ2v) is 6.32. The molecule has 1 N–H and O–H groups in total. The topological polar surface area (TPSA) is 56.1 Å². The fourth-order valence-corrected chi connectivity index (χ4v) is 3.85. The Morgan fingerprint density at radius 2 is 2.12 bits per heavy atom. The summed E-state index contributed by atoms with van der Waals surface area (Å²) in [5, 5.41) is 3.02. The van der Waals surface area contributed by atoms with Crippen LogP contribution in [-0.4, -0.2) is 40.9 Å². The molecular formula is C17H16F3N3O2. The monoisotopic (exact) mass is 351 g/mol. The number of halogens is 3. The number of imidazole rings is 1. The number of nitrogens with zero attached hydrogens (tertiary/aromatic N) is 2. The zero-order valence-electron chi connectivity index (χ0n) is 13.2. The van der Waals surface area contributed by atoms with Gasteiger partial charge in [0, 0.05) is 18.0 Å². The molecule has 5 nitrogen and oxygen atoms in total. The Morgan fingerprint density at radius 1 is 1.32 bits per heavy atom. The lowest BCUT2D eigenvalue weighted by Crippen LogP contribution is -2.47. The number of piperidine rings is 1. The Morgan fingerprint density at radius 3 is 2.92 bits per heavy atom. The van der Waals surface area contributed by atoms with Crippen LogP contribution in [0.5, 0.6) is 0 Å². The van der Waals surface area contributed by atoms with Gasteiger partial charge in [0.25, 0.3) is 0 Å². The van der Waals surface area contributed by atoms with Crippen LogP contribution in [0.25, 0.3) is 11.3 Å². The van der Waals surface area contributed by atoms with Crippen molar-refractivity contribution in [3.05, 3.63) is 42.4 Å². The van der Waals surface area contributed by atoms with E-state index < -0.39 is 18.2 Å². The Balaban J connectivity index is 1.69. The van der Waals surface area contributed by atoms with Crippen LogP contribution in [0.1, 0.15) is 18.0 Å². The van der Waals surface area contributed by atoms with Gasteiger partial charge in [-0.3, -0.25) is 0 Å².